The van der Waals surface area contributed by atoms with E-state index in [1.165, 1.54) is 10.4 Å². The zero-order valence-electron chi connectivity index (χ0n) is 19.7. The molecule has 3 aromatic carbocycles. The van der Waals surface area contributed by atoms with Gasteiger partial charge in [0.2, 0.25) is 15.9 Å². The van der Waals surface area contributed by atoms with Gasteiger partial charge in [0.25, 0.3) is 0 Å². The number of carbonyl (C=O) groups excluding carboxylic acids is 1. The topological polar surface area (TPSA) is 83.7 Å². The monoisotopic (exact) mass is 531 g/mol. The van der Waals surface area contributed by atoms with Crippen LogP contribution in [0.25, 0.3) is 11.1 Å². The van der Waals surface area contributed by atoms with Gasteiger partial charge in [-0.3, -0.25) is 4.79 Å². The molecular weight excluding hydrogens is 505 g/mol. The zero-order valence-corrected chi connectivity index (χ0v) is 22.0. The second kappa shape index (κ2) is 9.82. The summed E-state index contributed by atoms with van der Waals surface area (Å²) in [4.78, 5) is 14.0. The number of para-hydroxylation sites is 1. The number of benzene rings is 3. The van der Waals surface area contributed by atoms with Crippen molar-refractivity contribution in [2.45, 2.75) is 31.2 Å². The summed E-state index contributed by atoms with van der Waals surface area (Å²) in [6, 6.07) is 17.4. The fraction of sp³-hybridized carbons (Fsp3) is 0.269. The van der Waals surface area contributed by atoms with E-state index in [0.717, 1.165) is 5.69 Å². The molecule has 0 aromatic heterocycles. The second-order valence-corrected chi connectivity index (χ2v) is 11.9. The highest BCUT2D eigenvalue weighted by atomic mass is 35.5. The van der Waals surface area contributed by atoms with Crippen molar-refractivity contribution in [3.05, 3.63) is 76.3 Å². The molecule has 0 radical (unpaired) electrons. The summed E-state index contributed by atoms with van der Waals surface area (Å²) in [5.74, 6) is -0.376. The van der Waals surface area contributed by atoms with E-state index in [4.69, 9.17) is 28.9 Å². The molecular formula is C26H27Cl2N3O3S. The molecule has 1 heterocycles. The number of likely N-dealkylation sites (N-methyl/N-ethyl adjacent to an activating group) is 1. The van der Waals surface area contributed by atoms with Gasteiger partial charge >= 0.3 is 0 Å². The SMILES string of the molecule is CC(C)C[C@@H]1CN(c2ccccc2)c2cc(Cl)c(-c3ccc(Cl)c(C(N)=O)c3)cc2S(=O)(=O)N1C. The van der Waals surface area contributed by atoms with Crippen molar-refractivity contribution in [3.8, 4) is 11.1 Å². The van der Waals surface area contributed by atoms with Crippen LogP contribution in [-0.2, 0) is 10.0 Å². The Bertz CT molecular complexity index is 1380. The first kappa shape index (κ1) is 25.5. The van der Waals surface area contributed by atoms with E-state index in [0.29, 0.717) is 40.7 Å². The fourth-order valence-electron chi connectivity index (χ4n) is 4.46. The summed E-state index contributed by atoms with van der Waals surface area (Å²) in [5.41, 5.74) is 8.00. The first-order valence-electron chi connectivity index (χ1n) is 11.2. The lowest BCUT2D eigenvalue weighted by atomic mass is 10.0. The highest BCUT2D eigenvalue weighted by molar-refractivity contribution is 7.89. The van der Waals surface area contributed by atoms with Gasteiger partial charge in [-0.25, -0.2) is 8.42 Å². The average molecular weight is 532 g/mol. The minimum absolute atomic E-state index is 0.137. The molecule has 3 aromatic rings. The Morgan fingerprint density at radius 3 is 2.37 bits per heavy atom. The van der Waals surface area contributed by atoms with Crippen LogP contribution in [0.3, 0.4) is 0 Å². The van der Waals surface area contributed by atoms with E-state index in [1.807, 2.05) is 35.2 Å². The molecule has 0 bridgehead atoms. The largest absolute Gasteiger partial charge is 0.366 e. The number of primary amides is 1. The summed E-state index contributed by atoms with van der Waals surface area (Å²) in [7, 11) is -2.23. The van der Waals surface area contributed by atoms with E-state index in [9.17, 15) is 13.2 Å². The Morgan fingerprint density at radius 2 is 1.74 bits per heavy atom. The standard InChI is InChI=1S/C26H27Cl2N3O3S/c1-16(2)11-19-15-31(18-7-5-4-6-8-18)24-14-23(28)20(13-25(24)35(33,34)30(19)3)17-9-10-22(27)21(12-17)26(29)32/h4-10,12-14,16,19H,11,15H2,1-3H3,(H2,29,32)/t19-/m1/s1. The van der Waals surface area contributed by atoms with Crippen LogP contribution in [0.1, 0.15) is 30.6 Å². The number of halogens is 2. The van der Waals surface area contributed by atoms with Crippen molar-refractivity contribution in [2.75, 3.05) is 18.5 Å². The van der Waals surface area contributed by atoms with E-state index in [2.05, 4.69) is 13.8 Å². The van der Waals surface area contributed by atoms with Gasteiger partial charge in [-0.1, -0.05) is 61.3 Å². The van der Waals surface area contributed by atoms with Gasteiger partial charge in [0.05, 0.1) is 21.3 Å². The Balaban J connectivity index is 1.97. The lowest BCUT2D eigenvalue weighted by molar-refractivity contribution is 0.100. The number of fused-ring (bicyclic) bond motifs is 1. The Labute approximate surface area is 216 Å². The molecule has 1 amide bonds. The van der Waals surface area contributed by atoms with Crippen molar-refractivity contribution in [2.24, 2.45) is 11.7 Å². The quantitative estimate of drug-likeness (QED) is 0.441. The zero-order chi connectivity index (χ0) is 25.5. The van der Waals surface area contributed by atoms with E-state index >= 15 is 0 Å². The molecule has 1 aliphatic rings. The highest BCUT2D eigenvalue weighted by Gasteiger charge is 2.38. The molecule has 0 fully saturated rings. The third-order valence-corrected chi connectivity index (χ3v) is 8.84. The predicted molar refractivity (Wildman–Crippen MR) is 142 cm³/mol. The molecule has 0 spiro atoms. The van der Waals surface area contributed by atoms with E-state index < -0.39 is 15.9 Å². The number of rotatable bonds is 5. The molecule has 0 saturated heterocycles. The van der Waals surface area contributed by atoms with E-state index in [-0.39, 0.29) is 21.5 Å². The summed E-state index contributed by atoms with van der Waals surface area (Å²) >= 11 is 12.9. The number of hydrogen-bond donors (Lipinski definition) is 1. The minimum atomic E-state index is -3.86. The number of amides is 1. The van der Waals surface area contributed by atoms with Gasteiger partial charge in [-0.2, -0.15) is 4.31 Å². The van der Waals surface area contributed by atoms with Crippen LogP contribution in [0.15, 0.2) is 65.6 Å². The molecule has 9 heteroatoms. The van der Waals surface area contributed by atoms with Crippen LogP contribution in [0.4, 0.5) is 11.4 Å². The second-order valence-electron chi connectivity index (χ2n) is 9.11. The average Bonchev–Trinajstić information content (AvgIpc) is 2.88. The van der Waals surface area contributed by atoms with Crippen LogP contribution in [0.5, 0.6) is 0 Å². The number of carbonyl (C=O) groups is 1. The maximum Gasteiger partial charge on any atom is 0.250 e. The van der Waals surface area contributed by atoms with E-state index in [1.54, 1.807) is 31.3 Å². The van der Waals surface area contributed by atoms with Gasteiger partial charge in [0, 0.05) is 30.9 Å². The number of nitrogens with two attached hydrogens (primary N) is 1. The summed E-state index contributed by atoms with van der Waals surface area (Å²) in [6.45, 7) is 4.64. The van der Waals surface area contributed by atoms with Gasteiger partial charge in [-0.05, 0) is 54.3 Å². The molecule has 2 N–H and O–H groups in total. The molecule has 1 atom stereocenters. The number of anilines is 2. The molecule has 0 aliphatic carbocycles. The summed E-state index contributed by atoms with van der Waals surface area (Å²) < 4.78 is 29.2. The number of hydrogen-bond acceptors (Lipinski definition) is 4. The van der Waals surface area contributed by atoms with Crippen molar-refractivity contribution >= 4 is 50.5 Å². The van der Waals surface area contributed by atoms with Crippen LogP contribution < -0.4 is 10.6 Å². The third-order valence-electron chi connectivity index (χ3n) is 6.26. The Morgan fingerprint density at radius 1 is 1.06 bits per heavy atom. The van der Waals surface area contributed by atoms with Crippen molar-refractivity contribution in [3.63, 3.8) is 0 Å². The minimum Gasteiger partial charge on any atom is -0.366 e. The van der Waals surface area contributed by atoms with Gasteiger partial charge in [0.15, 0.2) is 0 Å². The van der Waals surface area contributed by atoms with Crippen molar-refractivity contribution < 1.29 is 13.2 Å². The first-order chi connectivity index (χ1) is 16.5. The molecule has 35 heavy (non-hydrogen) atoms. The lowest BCUT2D eigenvalue weighted by Crippen LogP contribution is -2.41. The molecule has 1 aliphatic heterocycles. The van der Waals surface area contributed by atoms with Crippen molar-refractivity contribution in [1.82, 2.24) is 4.31 Å². The molecule has 4 rings (SSSR count). The Kier molecular flexibility index (Phi) is 7.16. The van der Waals surface area contributed by atoms with Crippen LogP contribution >= 0.6 is 23.2 Å². The normalized spacial score (nSPS) is 17.8. The number of sulfonamides is 1. The molecule has 184 valence electrons. The first-order valence-corrected chi connectivity index (χ1v) is 13.4. The van der Waals surface area contributed by atoms with Crippen LogP contribution in [0.2, 0.25) is 10.0 Å². The van der Waals surface area contributed by atoms with Crippen LogP contribution in [-0.4, -0.2) is 38.3 Å². The molecule has 6 nitrogen and oxygen atoms in total. The smallest absolute Gasteiger partial charge is 0.250 e. The third kappa shape index (κ3) is 4.91. The highest BCUT2D eigenvalue weighted by Crippen LogP contribution is 2.43. The van der Waals surface area contributed by atoms with Crippen molar-refractivity contribution in [1.29, 1.82) is 0 Å². The fourth-order valence-corrected chi connectivity index (χ4v) is 6.49. The predicted octanol–water partition coefficient (Wildman–Crippen LogP) is 5.95. The van der Waals surface area contributed by atoms with Gasteiger partial charge in [-0.15, -0.1) is 0 Å². The van der Waals surface area contributed by atoms with Gasteiger partial charge < -0.3 is 10.6 Å². The molecule has 0 saturated carbocycles. The maximum absolute atomic E-state index is 13.9. The maximum atomic E-state index is 13.9. The summed E-state index contributed by atoms with van der Waals surface area (Å²) in [5, 5.41) is 0.564. The Hall–Kier alpha value is -2.58. The lowest BCUT2D eigenvalue weighted by Gasteiger charge is -2.30. The number of nitrogens with zero attached hydrogens (tertiary/aromatic N) is 2. The van der Waals surface area contributed by atoms with Gasteiger partial charge in [0.1, 0.15) is 4.90 Å². The summed E-state index contributed by atoms with van der Waals surface area (Å²) in [6.07, 6.45) is 0.701. The molecule has 0 unspecified atom stereocenters. The van der Waals surface area contributed by atoms with Crippen LogP contribution in [0, 0.1) is 5.92 Å².